The van der Waals surface area contributed by atoms with E-state index in [9.17, 15) is 9.35 Å². The quantitative estimate of drug-likeness (QED) is 0.321. The molecule has 1 aliphatic rings. The molecule has 32 heavy (non-hydrogen) atoms. The summed E-state index contributed by atoms with van der Waals surface area (Å²) in [5, 5.41) is 0.597. The lowest BCUT2D eigenvalue weighted by Crippen LogP contribution is -2.36. The van der Waals surface area contributed by atoms with E-state index in [1.807, 2.05) is 12.1 Å². The molecule has 7 heteroatoms. The smallest absolute Gasteiger partial charge is 0.245 e. The summed E-state index contributed by atoms with van der Waals surface area (Å²) in [4.78, 5) is 17.6. The lowest BCUT2D eigenvalue weighted by Gasteiger charge is -2.29. The second-order valence-electron chi connectivity index (χ2n) is 7.06. The number of ketones is 1. The number of hydrogen-bond acceptors (Lipinski definition) is 5. The van der Waals surface area contributed by atoms with Crippen LogP contribution in [0.4, 0.5) is 5.69 Å². The molecule has 0 N–H and O–H groups in total. The minimum absolute atomic E-state index is 0.219. The van der Waals surface area contributed by atoms with Crippen LogP contribution in [-0.4, -0.2) is 29.5 Å². The number of allylic oxidation sites excluding steroid dienone is 1. The van der Waals surface area contributed by atoms with Gasteiger partial charge in [0.15, 0.2) is 0 Å². The highest BCUT2D eigenvalue weighted by Gasteiger charge is 2.38. The first-order chi connectivity index (χ1) is 15.5. The summed E-state index contributed by atoms with van der Waals surface area (Å²) in [6.45, 7) is 0. The molecule has 2 heterocycles. The van der Waals surface area contributed by atoms with Crippen molar-refractivity contribution >= 4 is 40.5 Å². The predicted molar refractivity (Wildman–Crippen MR) is 128 cm³/mol. The summed E-state index contributed by atoms with van der Waals surface area (Å²) >= 11 is 4.33. The van der Waals surface area contributed by atoms with Gasteiger partial charge in [0.05, 0.1) is 25.4 Å². The van der Waals surface area contributed by atoms with Crippen molar-refractivity contribution < 1.29 is 14.1 Å². The van der Waals surface area contributed by atoms with E-state index in [2.05, 4.69) is 16.8 Å². The van der Waals surface area contributed by atoms with E-state index < -0.39 is 11.4 Å². The number of nitrogens with zero attached hydrogens (tertiary/aromatic N) is 2. The Bertz CT molecular complexity index is 1240. The number of anilines is 1. The van der Waals surface area contributed by atoms with Crippen molar-refractivity contribution in [3.63, 3.8) is 0 Å². The molecule has 0 saturated heterocycles. The molecule has 1 unspecified atom stereocenters. The lowest BCUT2D eigenvalue weighted by atomic mass is 10.0. The Kier molecular flexibility index (Phi) is 6.52. The third-order valence-corrected chi connectivity index (χ3v) is 6.57. The number of halogens is 1. The molecular weight excluding hydrogens is 444 g/mol. The van der Waals surface area contributed by atoms with Crippen LogP contribution in [0.25, 0.3) is 6.08 Å². The van der Waals surface area contributed by atoms with Gasteiger partial charge >= 0.3 is 0 Å². The highest BCUT2D eigenvalue weighted by atomic mass is 35.5. The molecule has 3 aromatic rings. The molecule has 160 valence electrons. The average Bonchev–Trinajstić information content (AvgIpc) is 2.82. The van der Waals surface area contributed by atoms with E-state index in [-0.39, 0.29) is 10.7 Å². The number of fused-ring (bicyclic) bond motifs is 1. The molecule has 4 rings (SSSR count). The van der Waals surface area contributed by atoms with Gasteiger partial charge in [-0.25, -0.2) is 4.98 Å². The van der Waals surface area contributed by atoms with Crippen LogP contribution in [0.5, 0.6) is 5.88 Å². The van der Waals surface area contributed by atoms with Crippen molar-refractivity contribution in [1.29, 1.82) is 0 Å². The van der Waals surface area contributed by atoms with Crippen LogP contribution in [0, 0.1) is 11.8 Å². The van der Waals surface area contributed by atoms with Crippen LogP contribution in [0.1, 0.15) is 27.0 Å². The molecule has 1 aliphatic heterocycles. The molecule has 1 aromatic heterocycles. The summed E-state index contributed by atoms with van der Waals surface area (Å²) < 4.78 is 19.6. The molecule has 1 atom stereocenters. The first-order valence-electron chi connectivity index (χ1n) is 9.75. The molecule has 0 aliphatic carbocycles. The van der Waals surface area contributed by atoms with E-state index in [4.69, 9.17) is 16.3 Å². The third kappa shape index (κ3) is 4.66. The molecule has 0 radical (unpaired) electrons. The molecule has 0 spiro atoms. The number of aromatic nitrogens is 1. The Labute approximate surface area is 195 Å². The van der Waals surface area contributed by atoms with Crippen molar-refractivity contribution in [1.82, 2.24) is 4.98 Å². The zero-order valence-electron chi connectivity index (χ0n) is 17.5. The van der Waals surface area contributed by atoms with Crippen LogP contribution in [0.2, 0.25) is 5.02 Å². The van der Waals surface area contributed by atoms with Crippen molar-refractivity contribution in [2.45, 2.75) is 6.42 Å². The number of ether oxygens (including phenoxy) is 1. The monoisotopic (exact) mass is 462 g/mol. The number of hydrogen-bond donors (Lipinski definition) is 0. The van der Waals surface area contributed by atoms with Crippen LogP contribution in [0.15, 0.2) is 65.7 Å². The van der Waals surface area contributed by atoms with Crippen LogP contribution >= 0.6 is 11.6 Å². The minimum Gasteiger partial charge on any atom is -0.588 e. The lowest BCUT2D eigenvalue weighted by molar-refractivity contribution is 0.104. The van der Waals surface area contributed by atoms with Crippen molar-refractivity contribution in [3.8, 4) is 17.7 Å². The van der Waals surface area contributed by atoms with Gasteiger partial charge in [0, 0.05) is 35.3 Å². The van der Waals surface area contributed by atoms with Gasteiger partial charge in [-0.3, -0.25) is 4.79 Å². The van der Waals surface area contributed by atoms with Gasteiger partial charge in [0.2, 0.25) is 16.6 Å². The van der Waals surface area contributed by atoms with Gasteiger partial charge in [-0.05, 0) is 41.5 Å². The number of methoxy groups -OCH3 is 1. The standard InChI is InChI=1S/C25H19ClN2O3S/c1-28-22-12-8-17(4-3-5-19-9-13-24(31-2)27-16-19)14-21(22)25(29)23(32(28)30)15-18-6-10-20(26)11-7-18/h6-16H,5H2,1-2H3/b23-15-. The Morgan fingerprint density at radius 3 is 2.66 bits per heavy atom. The Balaban J connectivity index is 1.60. The fraction of sp³-hybridized carbons (Fsp3) is 0.120. The largest absolute Gasteiger partial charge is 0.588 e. The zero-order chi connectivity index (χ0) is 22.7. The van der Waals surface area contributed by atoms with Gasteiger partial charge in [0.25, 0.3) is 0 Å². The SMILES string of the molecule is COc1ccc(CC#Cc2ccc3c(c2)C(=O)/C(=C/c2ccc(Cl)cc2)[S+]([O-])N3C)cn1. The fourth-order valence-electron chi connectivity index (χ4n) is 3.23. The normalized spacial score (nSPS) is 16.4. The summed E-state index contributed by atoms with van der Waals surface area (Å²) in [6, 6.07) is 16.1. The molecule has 0 fully saturated rings. The molecule has 2 aromatic carbocycles. The van der Waals surface area contributed by atoms with Gasteiger partial charge in [-0.2, -0.15) is 4.31 Å². The van der Waals surface area contributed by atoms with Gasteiger partial charge in [-0.1, -0.05) is 41.6 Å². The maximum atomic E-state index is 13.2. The summed E-state index contributed by atoms with van der Waals surface area (Å²) in [5.41, 5.74) is 3.53. The number of benzene rings is 2. The van der Waals surface area contributed by atoms with E-state index in [1.165, 1.54) is 0 Å². The predicted octanol–water partition coefficient (Wildman–Crippen LogP) is 4.68. The van der Waals surface area contributed by atoms with E-state index in [1.54, 1.807) is 73.2 Å². The average molecular weight is 463 g/mol. The first kappa shape index (κ1) is 22.0. The summed E-state index contributed by atoms with van der Waals surface area (Å²) in [7, 11) is 3.28. The van der Waals surface area contributed by atoms with Crippen molar-refractivity contribution in [2.75, 3.05) is 18.5 Å². The van der Waals surface area contributed by atoms with E-state index in [0.717, 1.165) is 11.1 Å². The summed E-state index contributed by atoms with van der Waals surface area (Å²) in [5.74, 6) is 6.50. The molecule has 0 saturated carbocycles. The van der Waals surface area contributed by atoms with Gasteiger partial charge in [-0.15, -0.1) is 0 Å². The van der Waals surface area contributed by atoms with Crippen molar-refractivity contribution in [2.24, 2.45) is 0 Å². The van der Waals surface area contributed by atoms with Gasteiger partial charge < -0.3 is 9.29 Å². The Hall–Kier alpha value is -3.24. The van der Waals surface area contributed by atoms with Crippen LogP contribution in [-0.2, 0) is 17.8 Å². The molecule has 0 bridgehead atoms. The topological polar surface area (TPSA) is 65.5 Å². The maximum absolute atomic E-state index is 13.2. The number of Topliss-reactive ketones (excluding diaryl/α,β-unsaturated/α-hetero) is 1. The number of pyridine rings is 1. The summed E-state index contributed by atoms with van der Waals surface area (Å²) in [6.07, 6.45) is 3.89. The van der Waals surface area contributed by atoms with Gasteiger partial charge in [0.1, 0.15) is 11.4 Å². The number of carbonyl (C=O) groups is 1. The van der Waals surface area contributed by atoms with Crippen LogP contribution < -0.4 is 9.04 Å². The number of rotatable bonds is 3. The highest BCUT2D eigenvalue weighted by molar-refractivity contribution is 7.97. The Morgan fingerprint density at radius 2 is 1.97 bits per heavy atom. The highest BCUT2D eigenvalue weighted by Crippen LogP contribution is 2.35. The molecule has 5 nitrogen and oxygen atoms in total. The molecular formula is C25H19ClN2O3S. The van der Waals surface area contributed by atoms with E-state index in [0.29, 0.717) is 34.1 Å². The number of carbonyl (C=O) groups excluding carboxylic acids is 1. The first-order valence-corrected chi connectivity index (χ1v) is 11.2. The third-order valence-electron chi connectivity index (χ3n) is 4.94. The second kappa shape index (κ2) is 9.49. The maximum Gasteiger partial charge on any atom is 0.245 e. The zero-order valence-corrected chi connectivity index (χ0v) is 19.0. The molecule has 0 amide bonds. The Morgan fingerprint density at radius 1 is 1.19 bits per heavy atom. The minimum atomic E-state index is -1.60. The fourth-order valence-corrected chi connectivity index (χ4v) is 4.49. The van der Waals surface area contributed by atoms with E-state index >= 15 is 0 Å². The van der Waals surface area contributed by atoms with Crippen LogP contribution in [0.3, 0.4) is 0 Å². The van der Waals surface area contributed by atoms with Crippen molar-refractivity contribution in [3.05, 3.63) is 93.0 Å². The second-order valence-corrected chi connectivity index (χ2v) is 8.98.